The first kappa shape index (κ1) is 16.3. The van der Waals surface area contributed by atoms with Gasteiger partial charge in [-0.2, -0.15) is 0 Å². The number of carboxylic acids is 1. The molecular weight excluding hydrogens is 262 g/mol. The van der Waals surface area contributed by atoms with E-state index in [1.807, 2.05) is 0 Å². The van der Waals surface area contributed by atoms with Gasteiger partial charge >= 0.3 is 12.0 Å². The maximum Gasteiger partial charge on any atom is 0.323 e. The molecule has 1 aliphatic heterocycles. The first-order valence-corrected chi connectivity index (χ1v) is 6.58. The van der Waals surface area contributed by atoms with Crippen LogP contribution in [0.2, 0.25) is 0 Å². The molecule has 1 heterocycles. The number of carbonyl (C=O) groups excluding carboxylic acids is 1. The van der Waals surface area contributed by atoms with E-state index >= 15 is 0 Å². The molecule has 0 spiro atoms. The molecule has 0 bridgehead atoms. The van der Waals surface area contributed by atoms with Crippen LogP contribution < -0.4 is 5.32 Å². The molecule has 1 atom stereocenters. The van der Waals surface area contributed by atoms with Crippen LogP contribution in [-0.4, -0.2) is 78.9 Å². The summed E-state index contributed by atoms with van der Waals surface area (Å²) < 4.78 is 5.55. The van der Waals surface area contributed by atoms with Gasteiger partial charge in [0, 0.05) is 19.6 Å². The van der Waals surface area contributed by atoms with Crippen LogP contribution in [0.4, 0.5) is 4.79 Å². The molecule has 1 rings (SSSR count). The van der Waals surface area contributed by atoms with Gasteiger partial charge in [-0.15, -0.1) is 6.42 Å². The Morgan fingerprint density at radius 3 is 2.95 bits per heavy atom. The van der Waals surface area contributed by atoms with Crippen molar-refractivity contribution in [2.45, 2.75) is 13.0 Å². The zero-order valence-corrected chi connectivity index (χ0v) is 11.7. The fraction of sp³-hybridized carbons (Fsp3) is 0.692. The van der Waals surface area contributed by atoms with Gasteiger partial charge in [0.05, 0.1) is 19.3 Å². The summed E-state index contributed by atoms with van der Waals surface area (Å²) in [7, 11) is 0. The summed E-state index contributed by atoms with van der Waals surface area (Å²) in [5, 5.41) is 11.4. The molecular formula is C13H21N3O4. The molecule has 0 aromatic heterocycles. The first-order chi connectivity index (χ1) is 9.56. The third kappa shape index (κ3) is 5.47. The summed E-state index contributed by atoms with van der Waals surface area (Å²) in [5.41, 5.74) is 0. The average Bonchev–Trinajstić information content (AvgIpc) is 2.44. The molecule has 2 N–H and O–H groups in total. The Hall–Kier alpha value is -1.78. The van der Waals surface area contributed by atoms with Gasteiger partial charge in [-0.1, -0.05) is 12.8 Å². The maximum atomic E-state index is 11.8. The van der Waals surface area contributed by atoms with Crippen molar-refractivity contribution in [1.29, 1.82) is 0 Å². The Bertz CT molecular complexity index is 380. The summed E-state index contributed by atoms with van der Waals surface area (Å²) in [4.78, 5) is 25.8. The number of aliphatic carboxylic acids is 1. The van der Waals surface area contributed by atoms with E-state index in [9.17, 15) is 9.59 Å². The Morgan fingerprint density at radius 2 is 2.35 bits per heavy atom. The van der Waals surface area contributed by atoms with Gasteiger partial charge in [0.25, 0.3) is 0 Å². The highest BCUT2D eigenvalue weighted by atomic mass is 16.5. The number of morpholine rings is 1. The number of terminal acetylenes is 1. The highest BCUT2D eigenvalue weighted by molar-refractivity contribution is 5.80. The van der Waals surface area contributed by atoms with Crippen LogP contribution in [0.25, 0.3) is 0 Å². The number of carbonyl (C=O) groups is 2. The second-order valence-corrected chi connectivity index (χ2v) is 4.53. The second-order valence-electron chi connectivity index (χ2n) is 4.53. The van der Waals surface area contributed by atoms with Crippen LogP contribution in [0, 0.1) is 12.3 Å². The maximum absolute atomic E-state index is 11.8. The van der Waals surface area contributed by atoms with E-state index in [0.717, 1.165) is 24.5 Å². The number of nitrogens with one attached hydrogen (secondary N) is 1. The van der Waals surface area contributed by atoms with Gasteiger partial charge in [0.15, 0.2) is 0 Å². The molecule has 0 aliphatic carbocycles. The molecule has 2 amide bonds. The average molecular weight is 283 g/mol. The minimum absolute atomic E-state index is 0.0370. The highest BCUT2D eigenvalue weighted by Crippen LogP contribution is 2.03. The summed E-state index contributed by atoms with van der Waals surface area (Å²) >= 11 is 0. The minimum atomic E-state index is -1.10. The van der Waals surface area contributed by atoms with Crippen molar-refractivity contribution >= 4 is 12.0 Å². The Morgan fingerprint density at radius 1 is 1.60 bits per heavy atom. The third-order valence-electron chi connectivity index (χ3n) is 3.05. The molecule has 1 fully saturated rings. The molecule has 20 heavy (non-hydrogen) atoms. The normalized spacial score (nSPS) is 19.1. The number of likely N-dealkylation sites (N-methyl/N-ethyl adjacent to an activating group) is 1. The van der Waals surface area contributed by atoms with Crippen LogP contribution in [0.15, 0.2) is 0 Å². The third-order valence-corrected chi connectivity index (χ3v) is 3.05. The van der Waals surface area contributed by atoms with Crippen molar-refractivity contribution in [3.63, 3.8) is 0 Å². The van der Waals surface area contributed by atoms with Crippen LogP contribution in [-0.2, 0) is 9.53 Å². The van der Waals surface area contributed by atoms with E-state index < -0.39 is 18.5 Å². The predicted molar refractivity (Wildman–Crippen MR) is 73.3 cm³/mol. The summed E-state index contributed by atoms with van der Waals surface area (Å²) in [6.07, 6.45) is 5.04. The number of hydrogen-bond donors (Lipinski definition) is 2. The zero-order valence-electron chi connectivity index (χ0n) is 11.7. The van der Waals surface area contributed by atoms with E-state index in [1.165, 1.54) is 0 Å². The zero-order chi connectivity index (χ0) is 15.0. The standard InChI is InChI=1S/C13H21N3O4/c1-3-5-16(10-12(17)18)13(19)14-8-11-9-15(4-2)6-7-20-11/h1,11H,4-10H2,2H3,(H,14,19)(H,17,18). The Labute approximate surface area is 118 Å². The van der Waals surface area contributed by atoms with Crippen LogP contribution in [0.3, 0.4) is 0 Å². The topological polar surface area (TPSA) is 82.1 Å². The van der Waals surface area contributed by atoms with Crippen LogP contribution in [0.1, 0.15) is 6.92 Å². The van der Waals surface area contributed by atoms with E-state index in [-0.39, 0.29) is 12.6 Å². The second kappa shape index (κ2) is 8.40. The van der Waals surface area contributed by atoms with Gasteiger partial charge < -0.3 is 20.1 Å². The lowest BCUT2D eigenvalue weighted by Gasteiger charge is -2.32. The van der Waals surface area contributed by atoms with Gasteiger partial charge in [-0.05, 0) is 6.54 Å². The molecule has 7 nitrogen and oxygen atoms in total. The number of nitrogens with zero attached hydrogens (tertiary/aromatic N) is 2. The molecule has 7 heteroatoms. The SMILES string of the molecule is C#CCN(CC(=O)O)C(=O)NCC1CN(CC)CCO1. The van der Waals surface area contributed by atoms with E-state index in [1.54, 1.807) is 0 Å². The monoisotopic (exact) mass is 283 g/mol. The molecule has 0 saturated carbocycles. The number of carboxylic acid groups (broad SMARTS) is 1. The molecule has 1 saturated heterocycles. The lowest BCUT2D eigenvalue weighted by molar-refractivity contribution is -0.137. The fourth-order valence-electron chi connectivity index (χ4n) is 1.98. The van der Waals surface area contributed by atoms with E-state index in [2.05, 4.69) is 23.1 Å². The molecule has 0 radical (unpaired) electrons. The Balaban J connectivity index is 2.40. The van der Waals surface area contributed by atoms with E-state index in [4.69, 9.17) is 16.3 Å². The predicted octanol–water partition coefficient (Wildman–Crippen LogP) is -0.563. The lowest BCUT2D eigenvalue weighted by Crippen LogP contribution is -2.50. The van der Waals surface area contributed by atoms with Gasteiger partial charge in [0.1, 0.15) is 6.54 Å². The molecule has 112 valence electrons. The lowest BCUT2D eigenvalue weighted by atomic mass is 10.2. The molecule has 0 aromatic rings. The largest absolute Gasteiger partial charge is 0.480 e. The quantitative estimate of drug-likeness (QED) is 0.638. The van der Waals surface area contributed by atoms with Crippen molar-refractivity contribution in [3.05, 3.63) is 0 Å². The number of ether oxygens (including phenoxy) is 1. The minimum Gasteiger partial charge on any atom is -0.480 e. The van der Waals surface area contributed by atoms with Crippen molar-refractivity contribution in [2.24, 2.45) is 0 Å². The van der Waals surface area contributed by atoms with E-state index in [0.29, 0.717) is 13.2 Å². The van der Waals surface area contributed by atoms with Crippen molar-refractivity contribution in [2.75, 3.05) is 45.9 Å². The summed E-state index contributed by atoms with van der Waals surface area (Å²) in [5.74, 6) is 1.17. The number of hydrogen-bond acceptors (Lipinski definition) is 4. The Kier molecular flexibility index (Phi) is 6.84. The smallest absolute Gasteiger partial charge is 0.323 e. The number of rotatable bonds is 6. The van der Waals surface area contributed by atoms with Gasteiger partial charge in [0.2, 0.25) is 0 Å². The number of urea groups is 1. The summed E-state index contributed by atoms with van der Waals surface area (Å²) in [6.45, 7) is 5.19. The summed E-state index contributed by atoms with van der Waals surface area (Å²) in [6, 6.07) is -0.484. The van der Waals surface area contributed by atoms with Gasteiger partial charge in [-0.3, -0.25) is 9.69 Å². The molecule has 1 unspecified atom stereocenters. The number of amides is 2. The van der Waals surface area contributed by atoms with Crippen molar-refractivity contribution in [3.8, 4) is 12.3 Å². The van der Waals surface area contributed by atoms with Crippen LogP contribution in [0.5, 0.6) is 0 Å². The van der Waals surface area contributed by atoms with Crippen LogP contribution >= 0.6 is 0 Å². The van der Waals surface area contributed by atoms with Gasteiger partial charge in [-0.25, -0.2) is 4.79 Å². The highest BCUT2D eigenvalue weighted by Gasteiger charge is 2.21. The molecule has 1 aliphatic rings. The van der Waals surface area contributed by atoms with Crippen molar-refractivity contribution in [1.82, 2.24) is 15.1 Å². The van der Waals surface area contributed by atoms with Crippen molar-refractivity contribution < 1.29 is 19.4 Å². The fourth-order valence-corrected chi connectivity index (χ4v) is 1.98. The molecule has 0 aromatic carbocycles. The first-order valence-electron chi connectivity index (χ1n) is 6.58.